The highest BCUT2D eigenvalue weighted by atomic mass is 19.1. The first-order chi connectivity index (χ1) is 12.5. The molecular weight excluding hydrogens is 339 g/mol. The number of hydrogen-bond acceptors (Lipinski definition) is 4. The van der Waals surface area contributed by atoms with Gasteiger partial charge in [0.15, 0.2) is 0 Å². The Morgan fingerprint density at radius 1 is 1.12 bits per heavy atom. The molecule has 7 heteroatoms. The summed E-state index contributed by atoms with van der Waals surface area (Å²) in [4.78, 5) is 23.1. The number of rotatable bonds is 4. The minimum absolute atomic E-state index is 0.00747. The molecule has 3 rings (SSSR count). The normalized spacial score (nSPS) is 16.7. The van der Waals surface area contributed by atoms with Gasteiger partial charge in [-0.2, -0.15) is 5.10 Å². The molecule has 2 N–H and O–H groups in total. The molecule has 0 aliphatic carbocycles. The molecule has 0 aromatic heterocycles. The maximum Gasteiger partial charge on any atom is 0.328 e. The molecule has 1 atom stereocenters. The van der Waals surface area contributed by atoms with Gasteiger partial charge in [-0.05, 0) is 23.8 Å². The van der Waals surface area contributed by atoms with Crippen LogP contribution in [0.25, 0.3) is 0 Å². The van der Waals surface area contributed by atoms with E-state index in [1.54, 1.807) is 30.3 Å². The third-order valence-electron chi connectivity index (χ3n) is 3.98. The first kappa shape index (κ1) is 17.3. The highest BCUT2D eigenvalue weighted by Crippen LogP contribution is 2.37. The number of hydrogen-bond donors (Lipinski definition) is 2. The fourth-order valence-electron chi connectivity index (χ4n) is 2.76. The predicted molar refractivity (Wildman–Crippen MR) is 92.0 cm³/mol. The van der Waals surface area contributed by atoms with Gasteiger partial charge in [-0.1, -0.05) is 30.3 Å². The van der Waals surface area contributed by atoms with Gasteiger partial charge in [-0.25, -0.2) is 14.2 Å². The van der Waals surface area contributed by atoms with Gasteiger partial charge in [0.2, 0.25) is 0 Å². The number of carbonyl (C=O) groups excluding carboxylic acids is 1. The van der Waals surface area contributed by atoms with Crippen molar-refractivity contribution in [2.75, 3.05) is 0 Å². The maximum atomic E-state index is 13.1. The Labute approximate surface area is 148 Å². The molecule has 0 radical (unpaired) electrons. The van der Waals surface area contributed by atoms with E-state index in [2.05, 4.69) is 5.10 Å². The Balaban J connectivity index is 1.98. The Bertz CT molecular complexity index is 906. The van der Waals surface area contributed by atoms with Crippen LogP contribution in [0.2, 0.25) is 0 Å². The molecule has 0 saturated carbocycles. The van der Waals surface area contributed by atoms with Gasteiger partial charge in [-0.15, -0.1) is 0 Å². The van der Waals surface area contributed by atoms with Crippen LogP contribution in [0.15, 0.2) is 65.8 Å². The van der Waals surface area contributed by atoms with Crippen LogP contribution in [0, 0.1) is 5.82 Å². The number of benzene rings is 2. The Kier molecular flexibility index (Phi) is 4.79. The summed E-state index contributed by atoms with van der Waals surface area (Å²) in [5.41, 5.74) is 1.67. The van der Waals surface area contributed by atoms with E-state index in [-0.39, 0.29) is 11.6 Å². The second-order valence-corrected chi connectivity index (χ2v) is 5.69. The van der Waals surface area contributed by atoms with E-state index in [0.717, 1.165) is 17.2 Å². The van der Waals surface area contributed by atoms with Crippen molar-refractivity contribution < 1.29 is 24.2 Å². The van der Waals surface area contributed by atoms with Crippen LogP contribution >= 0.6 is 0 Å². The molecule has 1 aliphatic rings. The number of halogens is 1. The molecule has 132 valence electrons. The minimum atomic E-state index is -1.25. The quantitative estimate of drug-likeness (QED) is 0.826. The Morgan fingerprint density at radius 2 is 1.81 bits per heavy atom. The number of nitrogens with zero attached hydrogens (tertiary/aromatic N) is 2. The molecule has 0 bridgehead atoms. The largest absolute Gasteiger partial charge is 0.508 e. The lowest BCUT2D eigenvalue weighted by atomic mass is 9.97. The fourth-order valence-corrected chi connectivity index (χ4v) is 2.76. The van der Waals surface area contributed by atoms with Gasteiger partial charge < -0.3 is 10.2 Å². The molecular formula is C19H15FN2O4. The zero-order valence-corrected chi connectivity index (χ0v) is 13.5. The number of hydrazone groups is 1. The smallest absolute Gasteiger partial charge is 0.328 e. The number of para-hydroxylation sites is 1. The second kappa shape index (κ2) is 7.18. The summed E-state index contributed by atoms with van der Waals surface area (Å²) in [6.45, 7) is 0. The SMILES string of the molecule is O=C(O)C=CC(=O)N1N=C(c2ccc(F)cc2)CC1c1ccccc1O. The van der Waals surface area contributed by atoms with Crippen molar-refractivity contribution in [3.63, 3.8) is 0 Å². The van der Waals surface area contributed by atoms with Crippen LogP contribution in [0.4, 0.5) is 4.39 Å². The minimum Gasteiger partial charge on any atom is -0.508 e. The van der Waals surface area contributed by atoms with Crippen LogP contribution in [0.3, 0.4) is 0 Å². The standard InChI is InChI=1S/C19H15FN2O4/c20-13-7-5-12(6-8-13)15-11-16(14-3-1-2-4-17(14)23)22(21-15)18(24)9-10-19(25)26/h1-10,16,23H,11H2,(H,25,26). The van der Waals surface area contributed by atoms with E-state index >= 15 is 0 Å². The molecule has 0 fully saturated rings. The molecule has 1 amide bonds. The van der Waals surface area contributed by atoms with Gasteiger partial charge in [0.1, 0.15) is 11.6 Å². The van der Waals surface area contributed by atoms with E-state index in [1.807, 2.05) is 0 Å². The fraction of sp³-hybridized carbons (Fsp3) is 0.105. The summed E-state index contributed by atoms with van der Waals surface area (Å²) in [6, 6.07) is 11.7. The molecule has 26 heavy (non-hydrogen) atoms. The number of phenolic OH excluding ortho intramolecular Hbond substituents is 1. The monoisotopic (exact) mass is 354 g/mol. The molecule has 2 aromatic rings. The first-order valence-electron chi connectivity index (χ1n) is 7.81. The van der Waals surface area contributed by atoms with E-state index < -0.39 is 17.9 Å². The van der Waals surface area contributed by atoms with Crippen molar-refractivity contribution in [2.45, 2.75) is 12.5 Å². The van der Waals surface area contributed by atoms with Gasteiger partial charge in [0, 0.05) is 24.1 Å². The van der Waals surface area contributed by atoms with Crippen LogP contribution in [0.5, 0.6) is 5.75 Å². The molecule has 2 aromatic carbocycles. The predicted octanol–water partition coefficient (Wildman–Crippen LogP) is 2.85. The van der Waals surface area contributed by atoms with Crippen LogP contribution in [0.1, 0.15) is 23.6 Å². The summed E-state index contributed by atoms with van der Waals surface area (Å²) < 4.78 is 13.1. The van der Waals surface area contributed by atoms with Gasteiger partial charge in [0.05, 0.1) is 11.8 Å². The highest BCUT2D eigenvalue weighted by molar-refractivity contribution is 6.04. The van der Waals surface area contributed by atoms with Gasteiger partial charge in [-0.3, -0.25) is 4.79 Å². The molecule has 1 aliphatic heterocycles. The number of aliphatic carboxylic acids is 1. The number of carbonyl (C=O) groups is 2. The lowest BCUT2D eigenvalue weighted by Gasteiger charge is -2.21. The van der Waals surface area contributed by atoms with Crippen LogP contribution in [-0.2, 0) is 9.59 Å². The van der Waals surface area contributed by atoms with E-state index in [4.69, 9.17) is 5.11 Å². The van der Waals surface area contributed by atoms with Crippen molar-refractivity contribution in [1.82, 2.24) is 5.01 Å². The lowest BCUT2D eigenvalue weighted by Crippen LogP contribution is -2.25. The van der Waals surface area contributed by atoms with Crippen LogP contribution in [-0.4, -0.2) is 32.8 Å². The van der Waals surface area contributed by atoms with E-state index in [9.17, 15) is 19.1 Å². The van der Waals surface area contributed by atoms with E-state index in [0.29, 0.717) is 23.3 Å². The molecule has 1 unspecified atom stereocenters. The number of carboxylic acid groups (broad SMARTS) is 1. The van der Waals surface area contributed by atoms with Gasteiger partial charge in [0.25, 0.3) is 5.91 Å². The van der Waals surface area contributed by atoms with Crippen molar-refractivity contribution in [3.05, 3.63) is 77.6 Å². The van der Waals surface area contributed by atoms with Crippen molar-refractivity contribution in [3.8, 4) is 5.75 Å². The van der Waals surface area contributed by atoms with Crippen molar-refractivity contribution in [1.29, 1.82) is 0 Å². The van der Waals surface area contributed by atoms with E-state index in [1.165, 1.54) is 18.2 Å². The summed E-state index contributed by atoms with van der Waals surface area (Å²) in [5, 5.41) is 24.3. The number of aromatic hydroxyl groups is 1. The van der Waals surface area contributed by atoms with Crippen molar-refractivity contribution >= 4 is 17.6 Å². The summed E-state index contributed by atoms with van der Waals surface area (Å²) >= 11 is 0. The summed E-state index contributed by atoms with van der Waals surface area (Å²) in [5.74, 6) is -2.26. The number of carboxylic acids is 1. The summed E-state index contributed by atoms with van der Waals surface area (Å²) in [7, 11) is 0. The topological polar surface area (TPSA) is 90.2 Å². The first-order valence-corrected chi connectivity index (χ1v) is 7.81. The second-order valence-electron chi connectivity index (χ2n) is 5.69. The third kappa shape index (κ3) is 3.61. The maximum absolute atomic E-state index is 13.1. The zero-order valence-electron chi connectivity index (χ0n) is 13.5. The van der Waals surface area contributed by atoms with Crippen molar-refractivity contribution in [2.24, 2.45) is 5.10 Å². The average Bonchev–Trinajstić information content (AvgIpc) is 3.06. The molecule has 6 nitrogen and oxygen atoms in total. The average molecular weight is 354 g/mol. The molecule has 0 spiro atoms. The molecule has 0 saturated heterocycles. The Morgan fingerprint density at radius 3 is 2.46 bits per heavy atom. The van der Waals surface area contributed by atoms with Crippen LogP contribution < -0.4 is 0 Å². The number of amides is 1. The Hall–Kier alpha value is -3.48. The zero-order chi connectivity index (χ0) is 18.7. The molecule has 1 heterocycles. The highest BCUT2D eigenvalue weighted by Gasteiger charge is 2.33. The third-order valence-corrected chi connectivity index (χ3v) is 3.98. The van der Waals surface area contributed by atoms with Gasteiger partial charge >= 0.3 is 5.97 Å². The summed E-state index contributed by atoms with van der Waals surface area (Å²) in [6.07, 6.45) is 1.94. The number of phenols is 1. The lowest BCUT2D eigenvalue weighted by molar-refractivity contribution is -0.132.